The third kappa shape index (κ3) is 3.06. The Morgan fingerprint density at radius 1 is 1.00 bits per heavy atom. The summed E-state index contributed by atoms with van der Waals surface area (Å²) in [4.78, 5) is 0. The molecule has 2 unspecified atom stereocenters. The Bertz CT molecular complexity index is 138. The molecule has 12 heavy (non-hydrogen) atoms. The zero-order valence-electron chi connectivity index (χ0n) is 5.89. The average molecular weight is 190 g/mol. The Hall–Kier alpha value is -0.810. The van der Waals surface area contributed by atoms with E-state index < -0.39 is 25.1 Å². The van der Waals surface area contributed by atoms with Crippen LogP contribution < -0.4 is 0 Å². The van der Waals surface area contributed by atoms with E-state index in [0.29, 0.717) is 6.26 Å². The molecule has 0 N–H and O–H groups in total. The van der Waals surface area contributed by atoms with Gasteiger partial charge in [0.05, 0.1) is 6.26 Å². The predicted molar refractivity (Wildman–Crippen MR) is 32.0 cm³/mol. The lowest BCUT2D eigenvalue weighted by atomic mass is 10.2. The van der Waals surface area contributed by atoms with Gasteiger partial charge in [0.15, 0.2) is 6.10 Å². The summed E-state index contributed by atoms with van der Waals surface area (Å²) < 4.78 is 62.7. The molecule has 72 valence electrons. The van der Waals surface area contributed by atoms with Gasteiger partial charge in [-0.2, -0.15) is 0 Å². The van der Waals surface area contributed by atoms with Gasteiger partial charge in [0.2, 0.25) is 6.17 Å². The molecule has 0 fully saturated rings. The monoisotopic (exact) mass is 190 g/mol. The molecule has 0 aromatic rings. The number of hydrogen-bond donors (Lipinski definition) is 0. The van der Waals surface area contributed by atoms with Gasteiger partial charge in [-0.1, -0.05) is 6.58 Å². The van der Waals surface area contributed by atoms with Gasteiger partial charge in [-0.3, -0.25) is 0 Å². The summed E-state index contributed by atoms with van der Waals surface area (Å²) >= 11 is 0. The van der Waals surface area contributed by atoms with Crippen LogP contribution in [0, 0.1) is 0 Å². The van der Waals surface area contributed by atoms with Crippen LogP contribution in [-0.2, 0) is 4.74 Å². The van der Waals surface area contributed by atoms with Crippen LogP contribution in [0.3, 0.4) is 0 Å². The summed E-state index contributed by atoms with van der Waals surface area (Å²) in [5.41, 5.74) is 0. The second-order valence-electron chi connectivity index (χ2n) is 1.88. The van der Waals surface area contributed by atoms with E-state index >= 15 is 0 Å². The van der Waals surface area contributed by atoms with Crippen LogP contribution in [0.15, 0.2) is 12.8 Å². The van der Waals surface area contributed by atoms with Crippen LogP contribution in [0.4, 0.5) is 22.0 Å². The first-order valence-electron chi connectivity index (χ1n) is 2.97. The highest BCUT2D eigenvalue weighted by Gasteiger charge is 2.37. The van der Waals surface area contributed by atoms with E-state index in [2.05, 4.69) is 11.3 Å². The minimum atomic E-state index is -3.48. The fourth-order valence-corrected chi connectivity index (χ4v) is 0.528. The van der Waals surface area contributed by atoms with Gasteiger partial charge in [0, 0.05) is 0 Å². The molecule has 0 heterocycles. The molecule has 0 aliphatic rings. The van der Waals surface area contributed by atoms with Crippen molar-refractivity contribution < 1.29 is 26.7 Å². The maximum absolute atomic E-state index is 12.2. The third-order valence-electron chi connectivity index (χ3n) is 1.06. The van der Waals surface area contributed by atoms with Crippen LogP contribution in [0.25, 0.3) is 0 Å². The third-order valence-corrected chi connectivity index (χ3v) is 1.06. The summed E-state index contributed by atoms with van der Waals surface area (Å²) in [6, 6.07) is 0. The summed E-state index contributed by atoms with van der Waals surface area (Å²) in [5.74, 6) is 0. The van der Waals surface area contributed by atoms with E-state index in [-0.39, 0.29) is 0 Å². The highest BCUT2D eigenvalue weighted by Crippen LogP contribution is 2.19. The predicted octanol–water partition coefficient (Wildman–Crippen LogP) is 2.38. The van der Waals surface area contributed by atoms with Crippen molar-refractivity contribution in [3.05, 3.63) is 12.8 Å². The van der Waals surface area contributed by atoms with Crippen molar-refractivity contribution >= 4 is 0 Å². The van der Waals surface area contributed by atoms with Crippen LogP contribution in [0.5, 0.6) is 0 Å². The molecule has 0 aromatic heterocycles. The molecule has 6 heteroatoms. The zero-order chi connectivity index (χ0) is 9.72. The van der Waals surface area contributed by atoms with Crippen molar-refractivity contribution in [1.82, 2.24) is 0 Å². The van der Waals surface area contributed by atoms with Gasteiger partial charge in [-0.25, -0.2) is 22.0 Å². The van der Waals surface area contributed by atoms with Crippen molar-refractivity contribution in [1.29, 1.82) is 0 Å². The van der Waals surface area contributed by atoms with Crippen molar-refractivity contribution in [2.24, 2.45) is 0 Å². The molecule has 0 bridgehead atoms. The van der Waals surface area contributed by atoms with E-state index in [9.17, 15) is 22.0 Å². The largest absolute Gasteiger partial charge is 0.489 e. The first-order chi connectivity index (χ1) is 5.50. The van der Waals surface area contributed by atoms with E-state index in [4.69, 9.17) is 0 Å². The summed E-state index contributed by atoms with van der Waals surface area (Å²) in [6.45, 7) is 2.86. The minimum Gasteiger partial charge on any atom is -0.489 e. The molecule has 2 atom stereocenters. The van der Waals surface area contributed by atoms with Crippen LogP contribution in [-0.4, -0.2) is 25.1 Å². The Morgan fingerprint density at radius 2 is 1.50 bits per heavy atom. The lowest BCUT2D eigenvalue weighted by Crippen LogP contribution is -2.36. The Labute approximate surface area is 65.8 Å². The lowest BCUT2D eigenvalue weighted by molar-refractivity contribution is -0.0993. The van der Waals surface area contributed by atoms with Gasteiger partial charge < -0.3 is 4.74 Å². The molecule has 0 saturated carbocycles. The van der Waals surface area contributed by atoms with E-state index in [1.54, 1.807) is 0 Å². The highest BCUT2D eigenvalue weighted by atomic mass is 19.3. The van der Waals surface area contributed by atoms with Gasteiger partial charge >= 0.3 is 0 Å². The summed E-state index contributed by atoms with van der Waals surface area (Å²) in [7, 11) is 0. The van der Waals surface area contributed by atoms with Gasteiger partial charge in [-0.15, -0.1) is 0 Å². The fourth-order valence-electron chi connectivity index (χ4n) is 0.528. The maximum Gasteiger partial charge on any atom is 0.277 e. The van der Waals surface area contributed by atoms with Crippen molar-refractivity contribution in [3.63, 3.8) is 0 Å². The van der Waals surface area contributed by atoms with Crippen LogP contribution in [0.1, 0.15) is 0 Å². The molecule has 0 aliphatic heterocycles. The van der Waals surface area contributed by atoms with Gasteiger partial charge in [-0.05, 0) is 0 Å². The van der Waals surface area contributed by atoms with Crippen LogP contribution in [0.2, 0.25) is 0 Å². The fraction of sp³-hybridized carbons (Fsp3) is 0.667. The molecule has 0 rings (SSSR count). The van der Waals surface area contributed by atoms with E-state index in [1.165, 1.54) is 0 Å². The van der Waals surface area contributed by atoms with Crippen LogP contribution >= 0.6 is 0 Å². The minimum absolute atomic E-state index is 0.506. The topological polar surface area (TPSA) is 9.23 Å². The van der Waals surface area contributed by atoms with Crippen molar-refractivity contribution in [2.45, 2.75) is 25.1 Å². The molecular formula is C6H7F5O. The normalized spacial score (nSPS) is 16.2. The molecular weight excluding hydrogens is 183 g/mol. The quantitative estimate of drug-likeness (QED) is 0.477. The van der Waals surface area contributed by atoms with Crippen molar-refractivity contribution in [2.75, 3.05) is 0 Å². The Morgan fingerprint density at radius 3 is 1.75 bits per heavy atom. The maximum atomic E-state index is 12.2. The standard InChI is InChI=1S/C6H7F5O/c1-2-12-4(6(10)11)3(7)5(8)9/h2-6H,1H2. The number of rotatable bonds is 5. The molecule has 0 spiro atoms. The van der Waals surface area contributed by atoms with Gasteiger partial charge in [0.1, 0.15) is 0 Å². The molecule has 0 amide bonds. The van der Waals surface area contributed by atoms with E-state index in [1.807, 2.05) is 0 Å². The van der Waals surface area contributed by atoms with Crippen molar-refractivity contribution in [3.8, 4) is 0 Å². The first-order valence-corrected chi connectivity index (χ1v) is 2.97. The number of halogens is 5. The Balaban J connectivity index is 4.18. The average Bonchev–Trinajstić information content (AvgIpc) is 1.98. The van der Waals surface area contributed by atoms with Gasteiger partial charge in [0.25, 0.3) is 12.9 Å². The second kappa shape index (κ2) is 4.95. The SMILES string of the molecule is C=COC(C(F)F)C(F)C(F)F. The highest BCUT2D eigenvalue weighted by molar-refractivity contribution is 4.76. The number of alkyl halides is 5. The van der Waals surface area contributed by atoms with E-state index in [0.717, 1.165) is 0 Å². The summed E-state index contributed by atoms with van der Waals surface area (Å²) in [5, 5.41) is 0. The smallest absolute Gasteiger partial charge is 0.277 e. The lowest BCUT2D eigenvalue weighted by Gasteiger charge is -2.18. The number of hydrogen-bond acceptors (Lipinski definition) is 1. The zero-order valence-corrected chi connectivity index (χ0v) is 5.89. The molecule has 0 aromatic carbocycles. The summed E-state index contributed by atoms with van der Waals surface area (Å²) in [6.07, 6.45) is -11.7. The molecule has 0 aliphatic carbocycles. The second-order valence-corrected chi connectivity index (χ2v) is 1.88. The first kappa shape index (κ1) is 11.2. The number of ether oxygens (including phenoxy) is 1. The molecule has 0 radical (unpaired) electrons. The molecule has 1 nitrogen and oxygen atoms in total. The molecule has 0 saturated heterocycles. The Kier molecular flexibility index (Phi) is 4.61.